The van der Waals surface area contributed by atoms with Crippen LogP contribution in [0.3, 0.4) is 0 Å². The first kappa shape index (κ1) is 21.6. The smallest absolute Gasteiger partial charge is 0.171 e. The van der Waals surface area contributed by atoms with Crippen LogP contribution in [0.4, 0.5) is 4.39 Å². The van der Waals surface area contributed by atoms with Crippen LogP contribution in [0.1, 0.15) is 36.2 Å². The van der Waals surface area contributed by atoms with Crippen LogP contribution in [0.25, 0.3) is 5.69 Å². The maximum atomic E-state index is 13.3. The lowest BCUT2D eigenvalue weighted by Crippen LogP contribution is -2.38. The first-order valence-electron chi connectivity index (χ1n) is 10.6. The predicted octanol–water partition coefficient (Wildman–Crippen LogP) is 5.05. The molecule has 1 N–H and O–H groups in total. The highest BCUT2D eigenvalue weighted by molar-refractivity contribution is 5.99. The second-order valence-corrected chi connectivity index (χ2v) is 7.97. The Labute approximate surface area is 187 Å². The number of aryl methyl sites for hydroxylation is 1. The minimum Gasteiger partial charge on any atom is -0.495 e. The summed E-state index contributed by atoms with van der Waals surface area (Å²) in [5.74, 6) is 1.02. The van der Waals surface area contributed by atoms with Gasteiger partial charge in [0.25, 0.3) is 0 Å². The van der Waals surface area contributed by atoms with Crippen LogP contribution in [-0.4, -0.2) is 39.1 Å². The highest BCUT2D eigenvalue weighted by Gasteiger charge is 2.26. The summed E-state index contributed by atoms with van der Waals surface area (Å²) in [5.41, 5.74) is 4.81. The molecule has 6 nitrogen and oxygen atoms in total. The molecule has 2 heterocycles. The van der Waals surface area contributed by atoms with Gasteiger partial charge in [-0.25, -0.2) is 9.37 Å². The molecule has 0 radical (unpaired) electrons. The van der Waals surface area contributed by atoms with Crippen LogP contribution >= 0.6 is 0 Å². The summed E-state index contributed by atoms with van der Waals surface area (Å²) in [6.45, 7) is 4.71. The molecule has 1 aromatic heterocycles. The summed E-state index contributed by atoms with van der Waals surface area (Å²) in [4.78, 5) is 6.35. The van der Waals surface area contributed by atoms with E-state index in [4.69, 9.17) is 4.74 Å². The van der Waals surface area contributed by atoms with Crippen molar-refractivity contribution in [3.05, 3.63) is 89.3 Å². The van der Waals surface area contributed by atoms with Gasteiger partial charge in [-0.2, -0.15) is 0 Å². The van der Waals surface area contributed by atoms with Crippen LogP contribution in [0.15, 0.2) is 71.8 Å². The molecule has 0 aliphatic carbocycles. The fourth-order valence-electron chi connectivity index (χ4n) is 4.15. The molecule has 3 aromatic rings. The number of amidine groups is 1. The van der Waals surface area contributed by atoms with Crippen molar-refractivity contribution in [2.45, 2.75) is 32.7 Å². The quantitative estimate of drug-likeness (QED) is 0.436. The number of benzene rings is 2. The summed E-state index contributed by atoms with van der Waals surface area (Å²) >= 11 is 0. The van der Waals surface area contributed by atoms with Crippen molar-refractivity contribution in [2.75, 3.05) is 13.7 Å². The van der Waals surface area contributed by atoms with Crippen molar-refractivity contribution in [3.63, 3.8) is 0 Å². The van der Waals surface area contributed by atoms with Crippen LogP contribution in [0.5, 0.6) is 5.75 Å². The van der Waals surface area contributed by atoms with E-state index < -0.39 is 0 Å². The average Bonchev–Trinajstić information content (AvgIpc) is 3.24. The number of nitrogens with zero attached hydrogens (tertiary/aromatic N) is 4. The molecule has 7 heteroatoms. The number of hydrogen-bond acceptors (Lipinski definition) is 4. The third-order valence-electron chi connectivity index (χ3n) is 5.86. The van der Waals surface area contributed by atoms with Crippen molar-refractivity contribution < 1.29 is 14.3 Å². The molecule has 0 spiro atoms. The van der Waals surface area contributed by atoms with E-state index in [1.165, 1.54) is 12.1 Å². The molecule has 166 valence electrons. The Bertz CT molecular complexity index is 1150. The molecule has 0 saturated heterocycles. The normalized spacial score (nSPS) is 16.2. The third kappa shape index (κ3) is 4.37. The Morgan fingerprint density at radius 3 is 2.66 bits per heavy atom. The Balaban J connectivity index is 1.57. The Hall–Kier alpha value is -3.61. The number of methoxy groups -OCH3 is 1. The molecule has 1 atom stereocenters. The van der Waals surface area contributed by atoms with Crippen LogP contribution in [0, 0.1) is 12.7 Å². The maximum absolute atomic E-state index is 13.3. The maximum Gasteiger partial charge on any atom is 0.171 e. The lowest BCUT2D eigenvalue weighted by atomic mass is 9.96. The summed E-state index contributed by atoms with van der Waals surface area (Å²) in [5, 5.41) is 13.5. The number of rotatable bonds is 6. The van der Waals surface area contributed by atoms with Gasteiger partial charge in [0, 0.05) is 19.2 Å². The second-order valence-electron chi connectivity index (χ2n) is 7.97. The minimum absolute atomic E-state index is 0.0495. The van der Waals surface area contributed by atoms with Crippen molar-refractivity contribution in [1.82, 2.24) is 14.5 Å². The van der Waals surface area contributed by atoms with Gasteiger partial charge in [-0.15, -0.1) is 0 Å². The van der Waals surface area contributed by atoms with Crippen LogP contribution in [0.2, 0.25) is 0 Å². The molecule has 32 heavy (non-hydrogen) atoms. The molecule has 0 fully saturated rings. The molecule has 1 aliphatic heterocycles. The molecule has 0 bridgehead atoms. The van der Waals surface area contributed by atoms with E-state index in [9.17, 15) is 9.60 Å². The topological polar surface area (TPSA) is 62.9 Å². The van der Waals surface area contributed by atoms with E-state index in [2.05, 4.69) is 21.1 Å². The zero-order valence-electron chi connectivity index (χ0n) is 18.5. The van der Waals surface area contributed by atoms with Gasteiger partial charge >= 0.3 is 0 Å². The molecule has 4 rings (SSSR count). The van der Waals surface area contributed by atoms with E-state index in [0.717, 1.165) is 46.8 Å². The van der Waals surface area contributed by atoms with Gasteiger partial charge in [0.2, 0.25) is 0 Å². The Kier molecular flexibility index (Phi) is 6.25. The number of halogens is 1. The number of hydrogen-bond donors (Lipinski definition) is 1. The highest BCUT2D eigenvalue weighted by atomic mass is 19.1. The Morgan fingerprint density at radius 2 is 2.00 bits per heavy atom. The molecule has 0 saturated carbocycles. The number of aromatic nitrogens is 2. The van der Waals surface area contributed by atoms with E-state index in [0.29, 0.717) is 12.3 Å². The largest absolute Gasteiger partial charge is 0.495 e. The van der Waals surface area contributed by atoms with Crippen molar-refractivity contribution in [3.8, 4) is 11.4 Å². The third-order valence-corrected chi connectivity index (χ3v) is 5.86. The molecular weight excluding hydrogens is 407 g/mol. The highest BCUT2D eigenvalue weighted by Crippen LogP contribution is 2.30. The molecule has 1 unspecified atom stereocenters. The lowest BCUT2D eigenvalue weighted by Gasteiger charge is -2.35. The zero-order valence-corrected chi connectivity index (χ0v) is 18.5. The number of ether oxygens (including phenoxy) is 1. The Morgan fingerprint density at radius 1 is 1.22 bits per heavy atom. The van der Waals surface area contributed by atoms with E-state index >= 15 is 0 Å². The first-order valence-corrected chi connectivity index (χ1v) is 10.6. The van der Waals surface area contributed by atoms with Gasteiger partial charge in [-0.3, -0.25) is 0 Å². The fraction of sp³-hybridized carbons (Fsp3) is 0.280. The van der Waals surface area contributed by atoms with Gasteiger partial charge in [-0.1, -0.05) is 29.4 Å². The van der Waals surface area contributed by atoms with Crippen molar-refractivity contribution in [2.24, 2.45) is 5.16 Å². The standard InChI is InChI=1S/C25H27FN4O2/c1-17-15-29(16-27-17)23-11-6-19(14-24(23)32-3)13-21-5-4-12-30(25(21)28-31)18(2)20-7-9-22(26)10-8-20/h5-11,14-16,18,31H,4,12-13H2,1-3H3. The van der Waals surface area contributed by atoms with Crippen molar-refractivity contribution >= 4 is 5.84 Å². The first-order chi connectivity index (χ1) is 15.5. The average molecular weight is 435 g/mol. The van der Waals surface area contributed by atoms with Gasteiger partial charge in [-0.05, 0) is 61.2 Å². The van der Waals surface area contributed by atoms with Crippen LogP contribution in [-0.2, 0) is 6.42 Å². The summed E-state index contributed by atoms with van der Waals surface area (Å²) < 4.78 is 20.9. The second kappa shape index (κ2) is 9.26. The molecular formula is C25H27FN4O2. The molecule has 0 amide bonds. The van der Waals surface area contributed by atoms with Gasteiger partial charge in [0.15, 0.2) is 5.84 Å². The lowest BCUT2D eigenvalue weighted by molar-refractivity contribution is 0.278. The van der Waals surface area contributed by atoms with Gasteiger partial charge < -0.3 is 19.4 Å². The predicted molar refractivity (Wildman–Crippen MR) is 122 cm³/mol. The van der Waals surface area contributed by atoms with Crippen LogP contribution < -0.4 is 4.74 Å². The minimum atomic E-state index is -0.264. The molecule has 1 aliphatic rings. The van der Waals surface area contributed by atoms with E-state index in [1.54, 1.807) is 25.6 Å². The van der Waals surface area contributed by atoms with Crippen molar-refractivity contribution in [1.29, 1.82) is 0 Å². The zero-order chi connectivity index (χ0) is 22.7. The summed E-state index contributed by atoms with van der Waals surface area (Å²) in [6, 6.07) is 12.5. The fourth-order valence-corrected chi connectivity index (χ4v) is 4.15. The van der Waals surface area contributed by atoms with Gasteiger partial charge in [0.05, 0.1) is 30.9 Å². The number of imidazole rings is 1. The SMILES string of the molecule is COc1cc(CC2=CCCN(C(C)c3ccc(F)cc3)C2=NO)ccc1-n1cnc(C)c1. The summed E-state index contributed by atoms with van der Waals surface area (Å²) in [7, 11) is 1.65. The monoisotopic (exact) mass is 434 g/mol. The summed E-state index contributed by atoms with van der Waals surface area (Å²) in [6.07, 6.45) is 7.27. The van der Waals surface area contributed by atoms with E-state index in [-0.39, 0.29) is 11.9 Å². The molecule has 2 aromatic carbocycles. The van der Waals surface area contributed by atoms with E-state index in [1.807, 2.05) is 42.8 Å². The number of oxime groups is 1. The van der Waals surface area contributed by atoms with Gasteiger partial charge in [0.1, 0.15) is 11.6 Å².